The average Bonchev–Trinajstić information content (AvgIpc) is 2.63. The van der Waals surface area contributed by atoms with Gasteiger partial charge < -0.3 is 15.5 Å². The largest absolute Gasteiger partial charge is 0.399 e. The van der Waals surface area contributed by atoms with Gasteiger partial charge in [-0.3, -0.25) is 4.79 Å². The SMILES string of the molecule is CN1CCC(CN2C(=O)C(C)(C)c3cc(N)ccc32)CC1. The second-order valence-electron chi connectivity index (χ2n) is 7.06. The minimum Gasteiger partial charge on any atom is -0.399 e. The molecule has 0 aromatic heterocycles. The summed E-state index contributed by atoms with van der Waals surface area (Å²) in [5.41, 5.74) is 8.30. The molecule has 0 bridgehead atoms. The van der Waals surface area contributed by atoms with Crippen LogP contribution < -0.4 is 10.6 Å². The van der Waals surface area contributed by atoms with Crippen molar-refractivity contribution in [2.75, 3.05) is 37.3 Å². The number of anilines is 2. The smallest absolute Gasteiger partial charge is 0.237 e. The van der Waals surface area contributed by atoms with Crippen LogP contribution in [-0.4, -0.2) is 37.5 Å². The molecule has 114 valence electrons. The van der Waals surface area contributed by atoms with Gasteiger partial charge in [0.15, 0.2) is 0 Å². The first-order valence-electron chi connectivity index (χ1n) is 7.80. The molecule has 4 heteroatoms. The van der Waals surface area contributed by atoms with Crippen LogP contribution in [0.1, 0.15) is 32.3 Å². The summed E-state index contributed by atoms with van der Waals surface area (Å²) in [6.07, 6.45) is 2.34. The lowest BCUT2D eigenvalue weighted by Gasteiger charge is -2.32. The number of benzene rings is 1. The summed E-state index contributed by atoms with van der Waals surface area (Å²) < 4.78 is 0. The van der Waals surface area contributed by atoms with Crippen molar-refractivity contribution in [1.82, 2.24) is 4.90 Å². The van der Waals surface area contributed by atoms with E-state index < -0.39 is 5.41 Å². The van der Waals surface area contributed by atoms with Crippen molar-refractivity contribution in [2.24, 2.45) is 5.92 Å². The standard InChI is InChI=1S/C17H25N3O/c1-17(2)14-10-13(18)4-5-15(14)20(16(17)21)11-12-6-8-19(3)9-7-12/h4-5,10,12H,6-9,11,18H2,1-3H3. The van der Waals surface area contributed by atoms with Crippen LogP contribution in [0, 0.1) is 5.92 Å². The number of carbonyl (C=O) groups excluding carboxylic acids is 1. The third-order valence-electron chi connectivity index (χ3n) is 5.04. The molecule has 1 saturated heterocycles. The Kier molecular flexibility index (Phi) is 3.44. The second kappa shape index (κ2) is 5.02. The third kappa shape index (κ3) is 2.42. The molecule has 1 amide bonds. The molecule has 1 fully saturated rings. The van der Waals surface area contributed by atoms with Crippen molar-refractivity contribution < 1.29 is 4.79 Å². The molecule has 0 radical (unpaired) electrons. The van der Waals surface area contributed by atoms with Gasteiger partial charge in [-0.2, -0.15) is 0 Å². The van der Waals surface area contributed by atoms with Gasteiger partial charge >= 0.3 is 0 Å². The third-order valence-corrected chi connectivity index (χ3v) is 5.04. The molecule has 2 heterocycles. The summed E-state index contributed by atoms with van der Waals surface area (Å²) in [5.74, 6) is 0.812. The van der Waals surface area contributed by atoms with Crippen LogP contribution in [0.25, 0.3) is 0 Å². The molecule has 2 N–H and O–H groups in total. The minimum absolute atomic E-state index is 0.210. The van der Waals surface area contributed by atoms with Crippen LogP contribution in [-0.2, 0) is 10.2 Å². The number of piperidine rings is 1. The van der Waals surface area contributed by atoms with Gasteiger partial charge in [0.05, 0.1) is 5.41 Å². The van der Waals surface area contributed by atoms with Gasteiger partial charge in [0.2, 0.25) is 5.91 Å². The first-order chi connectivity index (χ1) is 9.89. The Morgan fingerprint density at radius 2 is 1.95 bits per heavy atom. The molecule has 3 rings (SSSR count). The zero-order chi connectivity index (χ0) is 15.2. The molecule has 0 spiro atoms. The van der Waals surface area contributed by atoms with Gasteiger partial charge in [-0.1, -0.05) is 0 Å². The van der Waals surface area contributed by atoms with Gasteiger partial charge in [0.25, 0.3) is 0 Å². The molecule has 0 saturated carbocycles. The fourth-order valence-electron chi connectivity index (χ4n) is 3.54. The number of nitrogens with two attached hydrogens (primary N) is 1. The summed E-state index contributed by atoms with van der Waals surface area (Å²) in [5, 5.41) is 0. The molecule has 4 nitrogen and oxygen atoms in total. The summed E-state index contributed by atoms with van der Waals surface area (Å²) in [7, 11) is 2.17. The Balaban J connectivity index is 1.85. The lowest BCUT2D eigenvalue weighted by Crippen LogP contribution is -2.41. The molecule has 0 aliphatic carbocycles. The van der Waals surface area contributed by atoms with E-state index in [2.05, 4.69) is 11.9 Å². The molecular weight excluding hydrogens is 262 g/mol. The van der Waals surface area contributed by atoms with Crippen LogP contribution in [0.15, 0.2) is 18.2 Å². The van der Waals surface area contributed by atoms with Crippen molar-refractivity contribution >= 4 is 17.3 Å². The Hall–Kier alpha value is -1.55. The quantitative estimate of drug-likeness (QED) is 0.849. The topological polar surface area (TPSA) is 49.6 Å². The molecule has 2 aliphatic heterocycles. The van der Waals surface area contributed by atoms with E-state index >= 15 is 0 Å². The number of carbonyl (C=O) groups is 1. The Labute approximate surface area is 126 Å². The number of amides is 1. The van der Waals surface area contributed by atoms with Gasteiger partial charge in [-0.25, -0.2) is 0 Å². The second-order valence-corrected chi connectivity index (χ2v) is 7.06. The predicted octanol–water partition coefficient (Wildman–Crippen LogP) is 2.23. The van der Waals surface area contributed by atoms with Crippen molar-refractivity contribution in [1.29, 1.82) is 0 Å². The van der Waals surface area contributed by atoms with E-state index in [0.717, 1.165) is 36.6 Å². The molecule has 21 heavy (non-hydrogen) atoms. The first-order valence-corrected chi connectivity index (χ1v) is 7.80. The van der Waals surface area contributed by atoms with Crippen LogP contribution in [0.4, 0.5) is 11.4 Å². The van der Waals surface area contributed by atoms with E-state index in [4.69, 9.17) is 5.73 Å². The number of likely N-dealkylation sites (tertiary alicyclic amines) is 1. The van der Waals surface area contributed by atoms with E-state index in [1.54, 1.807) is 0 Å². The predicted molar refractivity (Wildman–Crippen MR) is 86.5 cm³/mol. The van der Waals surface area contributed by atoms with Gasteiger partial charge in [-0.15, -0.1) is 0 Å². The van der Waals surface area contributed by atoms with Crippen LogP contribution in [0.2, 0.25) is 0 Å². The zero-order valence-corrected chi connectivity index (χ0v) is 13.2. The minimum atomic E-state index is -0.462. The highest BCUT2D eigenvalue weighted by Gasteiger charge is 2.44. The van der Waals surface area contributed by atoms with Crippen molar-refractivity contribution in [3.8, 4) is 0 Å². The Morgan fingerprint density at radius 1 is 1.29 bits per heavy atom. The van der Waals surface area contributed by atoms with Gasteiger partial charge in [0, 0.05) is 17.9 Å². The number of fused-ring (bicyclic) bond motifs is 1. The maximum atomic E-state index is 12.8. The Bertz CT molecular complexity index is 559. The number of hydrogen-bond donors (Lipinski definition) is 1. The van der Waals surface area contributed by atoms with E-state index in [0.29, 0.717) is 5.92 Å². The fourth-order valence-corrected chi connectivity index (χ4v) is 3.54. The van der Waals surface area contributed by atoms with Crippen LogP contribution in [0.5, 0.6) is 0 Å². The highest BCUT2D eigenvalue weighted by Crippen LogP contribution is 2.43. The van der Waals surface area contributed by atoms with Crippen molar-refractivity contribution in [3.63, 3.8) is 0 Å². The molecule has 0 unspecified atom stereocenters. The molecule has 2 aliphatic rings. The maximum absolute atomic E-state index is 12.8. The zero-order valence-electron chi connectivity index (χ0n) is 13.2. The molecule has 0 atom stereocenters. The molecule has 1 aromatic rings. The monoisotopic (exact) mass is 287 g/mol. The number of nitrogen functional groups attached to an aromatic ring is 1. The average molecular weight is 287 g/mol. The van der Waals surface area contributed by atoms with Crippen LogP contribution >= 0.6 is 0 Å². The van der Waals surface area contributed by atoms with Crippen molar-refractivity contribution in [2.45, 2.75) is 32.1 Å². The first kappa shape index (κ1) is 14.4. The summed E-state index contributed by atoms with van der Waals surface area (Å²) in [4.78, 5) is 17.2. The summed E-state index contributed by atoms with van der Waals surface area (Å²) in [6.45, 7) is 7.10. The highest BCUT2D eigenvalue weighted by atomic mass is 16.2. The van der Waals surface area contributed by atoms with Crippen molar-refractivity contribution in [3.05, 3.63) is 23.8 Å². The van der Waals surface area contributed by atoms with E-state index in [1.807, 2.05) is 36.9 Å². The fraction of sp³-hybridized carbons (Fsp3) is 0.588. The van der Waals surface area contributed by atoms with Crippen LogP contribution in [0.3, 0.4) is 0 Å². The number of hydrogen-bond acceptors (Lipinski definition) is 3. The van der Waals surface area contributed by atoms with Gasteiger partial charge in [-0.05, 0) is 76.5 Å². The molecular formula is C17H25N3O. The van der Waals surface area contributed by atoms with E-state index in [9.17, 15) is 4.79 Å². The lowest BCUT2D eigenvalue weighted by atomic mass is 9.86. The summed E-state index contributed by atoms with van der Waals surface area (Å²) in [6, 6.07) is 5.86. The lowest BCUT2D eigenvalue weighted by molar-refractivity contribution is -0.122. The van der Waals surface area contributed by atoms with E-state index in [1.165, 1.54) is 12.8 Å². The highest BCUT2D eigenvalue weighted by molar-refractivity contribution is 6.07. The normalized spacial score (nSPS) is 22.6. The van der Waals surface area contributed by atoms with E-state index in [-0.39, 0.29) is 5.91 Å². The molecule has 1 aromatic carbocycles. The van der Waals surface area contributed by atoms with Gasteiger partial charge in [0.1, 0.15) is 0 Å². The number of rotatable bonds is 2. The maximum Gasteiger partial charge on any atom is 0.237 e. The summed E-state index contributed by atoms with van der Waals surface area (Å²) >= 11 is 0. The Morgan fingerprint density at radius 3 is 2.62 bits per heavy atom. The number of nitrogens with zero attached hydrogens (tertiary/aromatic N) is 2.